The molecule has 0 saturated carbocycles. The van der Waals surface area contributed by atoms with Crippen molar-refractivity contribution in [2.45, 2.75) is 9.79 Å². The molecule has 0 amide bonds. The van der Waals surface area contributed by atoms with E-state index < -0.39 is 0 Å². The number of nitrogens with one attached hydrogen (secondary N) is 1. The second-order valence-corrected chi connectivity index (χ2v) is 5.75. The highest BCUT2D eigenvalue weighted by Gasteiger charge is 2.19. The van der Waals surface area contributed by atoms with Crippen LogP contribution in [0.5, 0.6) is 0 Å². The van der Waals surface area contributed by atoms with E-state index in [1.807, 2.05) is 24.3 Å². The van der Waals surface area contributed by atoms with Gasteiger partial charge in [-0.15, -0.1) is 0 Å². The highest BCUT2D eigenvalue weighted by molar-refractivity contribution is 9.10. The van der Waals surface area contributed by atoms with Crippen LogP contribution in [0.4, 0.5) is 11.4 Å². The molecule has 0 heterocycles. The van der Waals surface area contributed by atoms with E-state index in [0.717, 1.165) is 9.37 Å². The van der Waals surface area contributed by atoms with E-state index >= 15 is 0 Å². The average Bonchev–Trinajstić information content (AvgIpc) is 2.38. The number of para-hydroxylation sites is 1. The Morgan fingerprint density at radius 1 is 1.26 bits per heavy atom. The lowest BCUT2D eigenvalue weighted by atomic mass is 10.2. The van der Waals surface area contributed by atoms with Crippen molar-refractivity contribution in [3.05, 3.63) is 57.1 Å². The van der Waals surface area contributed by atoms with Crippen LogP contribution in [0.1, 0.15) is 0 Å². The van der Waals surface area contributed by atoms with E-state index in [1.54, 1.807) is 25.2 Å². The number of halogens is 1. The van der Waals surface area contributed by atoms with Crippen LogP contribution in [0.3, 0.4) is 0 Å². The fraction of sp³-hybridized carbons (Fsp3) is 0.0769. The monoisotopic (exact) mass is 338 g/mol. The SMILES string of the molecule is CNc1cccc(Sc2cccc(Br)c2)c1[N+](=O)[O-]. The van der Waals surface area contributed by atoms with Gasteiger partial charge < -0.3 is 5.32 Å². The van der Waals surface area contributed by atoms with Crippen molar-refractivity contribution >= 4 is 39.1 Å². The predicted molar refractivity (Wildman–Crippen MR) is 80.9 cm³/mol. The lowest BCUT2D eigenvalue weighted by Crippen LogP contribution is -1.98. The van der Waals surface area contributed by atoms with Crippen LogP contribution in [-0.2, 0) is 0 Å². The van der Waals surface area contributed by atoms with Crippen molar-refractivity contribution in [3.63, 3.8) is 0 Å². The van der Waals surface area contributed by atoms with Gasteiger partial charge in [0, 0.05) is 16.4 Å². The lowest BCUT2D eigenvalue weighted by Gasteiger charge is -2.07. The number of benzene rings is 2. The summed E-state index contributed by atoms with van der Waals surface area (Å²) in [5.41, 5.74) is 0.625. The number of nitro groups is 1. The molecular weight excluding hydrogens is 328 g/mol. The van der Waals surface area contributed by atoms with Crippen LogP contribution in [-0.4, -0.2) is 12.0 Å². The normalized spacial score (nSPS) is 10.2. The fourth-order valence-electron chi connectivity index (χ4n) is 1.65. The summed E-state index contributed by atoms with van der Waals surface area (Å²) in [4.78, 5) is 12.4. The first-order chi connectivity index (χ1) is 9.11. The van der Waals surface area contributed by atoms with Gasteiger partial charge in [-0.2, -0.15) is 0 Å². The van der Waals surface area contributed by atoms with Crippen LogP contribution in [0.25, 0.3) is 0 Å². The van der Waals surface area contributed by atoms with Gasteiger partial charge >= 0.3 is 5.69 Å². The molecule has 2 aromatic carbocycles. The smallest absolute Gasteiger partial charge is 0.306 e. The molecule has 0 unspecified atom stereocenters. The van der Waals surface area contributed by atoms with Gasteiger partial charge in [-0.1, -0.05) is 39.8 Å². The minimum Gasteiger partial charge on any atom is -0.383 e. The molecule has 1 N–H and O–H groups in total. The van der Waals surface area contributed by atoms with Crippen molar-refractivity contribution in [2.75, 3.05) is 12.4 Å². The van der Waals surface area contributed by atoms with Gasteiger partial charge in [0.25, 0.3) is 0 Å². The number of hydrogen-bond acceptors (Lipinski definition) is 4. The molecule has 98 valence electrons. The average molecular weight is 339 g/mol. The summed E-state index contributed by atoms with van der Waals surface area (Å²) in [5.74, 6) is 0. The summed E-state index contributed by atoms with van der Waals surface area (Å²) >= 11 is 4.77. The molecule has 0 aliphatic carbocycles. The van der Waals surface area contributed by atoms with Crippen molar-refractivity contribution in [2.24, 2.45) is 0 Å². The molecule has 4 nitrogen and oxygen atoms in total. The highest BCUT2D eigenvalue weighted by Crippen LogP contribution is 2.39. The number of nitrogens with zero attached hydrogens (tertiary/aromatic N) is 1. The summed E-state index contributed by atoms with van der Waals surface area (Å²) in [5, 5.41) is 14.1. The Hall–Kier alpha value is -1.53. The minimum absolute atomic E-state index is 0.106. The third-order valence-electron chi connectivity index (χ3n) is 2.47. The van der Waals surface area contributed by atoms with Crippen molar-refractivity contribution in [1.29, 1.82) is 0 Å². The molecular formula is C13H11BrN2O2S. The Balaban J connectivity index is 2.42. The first kappa shape index (κ1) is 13.9. The number of rotatable bonds is 4. The van der Waals surface area contributed by atoms with E-state index in [0.29, 0.717) is 10.6 Å². The van der Waals surface area contributed by atoms with Crippen LogP contribution >= 0.6 is 27.7 Å². The van der Waals surface area contributed by atoms with Crippen molar-refractivity contribution in [1.82, 2.24) is 0 Å². The zero-order chi connectivity index (χ0) is 13.8. The molecule has 0 spiro atoms. The molecule has 0 aliphatic rings. The van der Waals surface area contributed by atoms with Crippen LogP contribution < -0.4 is 5.32 Å². The Morgan fingerprint density at radius 3 is 2.63 bits per heavy atom. The predicted octanol–water partition coefficient (Wildman–Crippen LogP) is 4.55. The Labute approximate surface area is 123 Å². The first-order valence-corrected chi connectivity index (χ1v) is 7.11. The standard InChI is InChI=1S/C13H11BrN2O2S/c1-15-11-6-3-7-12(13(11)16(17)18)19-10-5-2-4-9(14)8-10/h2-8,15H,1H3. The van der Waals surface area contributed by atoms with Crippen LogP contribution in [0, 0.1) is 10.1 Å². The zero-order valence-electron chi connectivity index (χ0n) is 10.1. The largest absolute Gasteiger partial charge is 0.383 e. The van der Waals surface area contributed by atoms with Crippen molar-refractivity contribution in [3.8, 4) is 0 Å². The van der Waals surface area contributed by atoms with Gasteiger partial charge in [0.2, 0.25) is 0 Å². The van der Waals surface area contributed by atoms with E-state index in [4.69, 9.17) is 0 Å². The van der Waals surface area contributed by atoms with Gasteiger partial charge in [0.1, 0.15) is 5.69 Å². The Bertz CT molecular complexity index is 619. The Kier molecular flexibility index (Phi) is 4.44. The van der Waals surface area contributed by atoms with E-state index in [2.05, 4.69) is 21.2 Å². The number of hydrogen-bond donors (Lipinski definition) is 1. The van der Waals surface area contributed by atoms with Gasteiger partial charge in [-0.05, 0) is 30.3 Å². The number of anilines is 1. The maximum Gasteiger partial charge on any atom is 0.306 e. The quantitative estimate of drug-likeness (QED) is 0.656. The molecule has 6 heteroatoms. The Morgan fingerprint density at radius 2 is 2.00 bits per heavy atom. The molecule has 0 aromatic heterocycles. The second-order valence-electron chi connectivity index (χ2n) is 3.72. The third-order valence-corrected chi connectivity index (χ3v) is 4.01. The molecule has 0 radical (unpaired) electrons. The van der Waals surface area contributed by atoms with E-state index in [1.165, 1.54) is 11.8 Å². The van der Waals surface area contributed by atoms with E-state index in [-0.39, 0.29) is 10.6 Å². The van der Waals surface area contributed by atoms with Gasteiger partial charge in [0.15, 0.2) is 0 Å². The van der Waals surface area contributed by atoms with Crippen molar-refractivity contribution < 1.29 is 4.92 Å². The molecule has 0 saturated heterocycles. The molecule has 0 atom stereocenters. The van der Waals surface area contributed by atoms with Crippen LogP contribution in [0.15, 0.2) is 56.7 Å². The fourth-order valence-corrected chi connectivity index (χ4v) is 3.22. The molecule has 0 fully saturated rings. The first-order valence-electron chi connectivity index (χ1n) is 5.50. The topological polar surface area (TPSA) is 55.2 Å². The maximum absolute atomic E-state index is 11.2. The molecule has 2 aromatic rings. The second kappa shape index (κ2) is 6.08. The van der Waals surface area contributed by atoms with Gasteiger partial charge in [-0.3, -0.25) is 10.1 Å². The summed E-state index contributed by atoms with van der Waals surface area (Å²) in [6.07, 6.45) is 0. The maximum atomic E-state index is 11.2. The summed E-state index contributed by atoms with van der Waals surface area (Å²) in [6.45, 7) is 0. The molecule has 19 heavy (non-hydrogen) atoms. The van der Waals surface area contributed by atoms with Crippen LogP contribution in [0.2, 0.25) is 0 Å². The van der Waals surface area contributed by atoms with Gasteiger partial charge in [-0.25, -0.2) is 0 Å². The van der Waals surface area contributed by atoms with E-state index in [9.17, 15) is 10.1 Å². The lowest BCUT2D eigenvalue weighted by molar-refractivity contribution is -0.386. The highest BCUT2D eigenvalue weighted by atomic mass is 79.9. The molecule has 2 rings (SSSR count). The zero-order valence-corrected chi connectivity index (χ0v) is 12.5. The molecule has 0 bridgehead atoms. The summed E-state index contributed by atoms with van der Waals surface area (Å²) in [6, 6.07) is 12.9. The third kappa shape index (κ3) is 3.27. The summed E-state index contributed by atoms with van der Waals surface area (Å²) < 4.78 is 0.949. The minimum atomic E-state index is -0.355. The molecule has 0 aliphatic heterocycles. The van der Waals surface area contributed by atoms with Gasteiger partial charge in [0.05, 0.1) is 9.82 Å². The number of nitro benzene ring substituents is 1. The summed E-state index contributed by atoms with van der Waals surface area (Å²) in [7, 11) is 1.68.